The van der Waals surface area contributed by atoms with Crippen molar-refractivity contribution in [3.8, 4) is 11.1 Å². The molecule has 4 aromatic rings. The van der Waals surface area contributed by atoms with E-state index in [-0.39, 0.29) is 5.78 Å². The molecule has 2 heterocycles. The normalized spacial score (nSPS) is 16.0. The molecule has 0 saturated carbocycles. The molecular weight excluding hydrogens is 424 g/mol. The Morgan fingerprint density at radius 2 is 1.79 bits per heavy atom. The second-order valence-electron chi connectivity index (χ2n) is 9.85. The number of fused-ring (bicyclic) bond motifs is 2. The van der Waals surface area contributed by atoms with Crippen molar-refractivity contribution in [1.82, 2.24) is 4.98 Å². The number of hydrogen-bond donors (Lipinski definition) is 1. The summed E-state index contributed by atoms with van der Waals surface area (Å²) in [4.78, 5) is 19.8. The monoisotopic (exact) mass is 454 g/mol. The fraction of sp³-hybridized carbons (Fsp3) is 0.310. The predicted molar refractivity (Wildman–Crippen MR) is 139 cm³/mol. The molecule has 5 rings (SSSR count). The molecule has 0 amide bonds. The van der Waals surface area contributed by atoms with E-state index >= 15 is 0 Å². The highest BCUT2D eigenvalue weighted by Crippen LogP contribution is 2.42. The molecule has 2 N–H and O–H groups in total. The summed E-state index contributed by atoms with van der Waals surface area (Å²) in [6.45, 7) is 7.01. The Bertz CT molecular complexity index is 1320. The molecule has 0 spiro atoms. The average Bonchev–Trinajstić information content (AvgIpc) is 3.17. The average molecular weight is 455 g/mol. The van der Waals surface area contributed by atoms with Crippen LogP contribution in [0.2, 0.25) is 0 Å². The molecular formula is C29H30N2OS. The van der Waals surface area contributed by atoms with Gasteiger partial charge in [-0.15, -0.1) is 11.3 Å². The number of nitrogen functional groups attached to an aromatic ring is 1. The van der Waals surface area contributed by atoms with Crippen molar-refractivity contribution in [3.05, 3.63) is 82.4 Å². The first-order valence-electron chi connectivity index (χ1n) is 11.8. The molecule has 4 heteroatoms. The van der Waals surface area contributed by atoms with Crippen molar-refractivity contribution < 1.29 is 4.79 Å². The minimum Gasteiger partial charge on any atom is -0.397 e. The number of anilines is 1. The highest BCUT2D eigenvalue weighted by molar-refractivity contribution is 7.21. The van der Waals surface area contributed by atoms with E-state index in [1.165, 1.54) is 35.4 Å². The maximum Gasteiger partial charge on any atom is 0.205 e. The lowest BCUT2D eigenvalue weighted by molar-refractivity contribution is 0.104. The minimum atomic E-state index is -0.0296. The van der Waals surface area contributed by atoms with Gasteiger partial charge in [-0.1, -0.05) is 81.8 Å². The highest BCUT2D eigenvalue weighted by atomic mass is 32.1. The van der Waals surface area contributed by atoms with Crippen LogP contribution in [0.1, 0.15) is 60.1 Å². The standard InChI is InChI=1S/C29H30N2OS/c1-4-29(2,3)22-14-15-24-21(16-22)17-23-25(30)27(33-28(23)31-24)26(32)20-12-10-19(11-13-20)18-8-6-5-7-9-18/h5-13,17,22H,4,14-16,30H2,1-3H3. The number of rotatable bonds is 5. The summed E-state index contributed by atoms with van der Waals surface area (Å²) < 4.78 is 0. The van der Waals surface area contributed by atoms with E-state index in [9.17, 15) is 4.79 Å². The summed E-state index contributed by atoms with van der Waals surface area (Å²) in [5, 5.41) is 0.929. The molecule has 1 aliphatic rings. The number of carbonyl (C=O) groups is 1. The van der Waals surface area contributed by atoms with Gasteiger partial charge in [0.05, 0.1) is 5.69 Å². The topological polar surface area (TPSA) is 56.0 Å². The summed E-state index contributed by atoms with van der Waals surface area (Å²) in [6.07, 6.45) is 4.39. The Morgan fingerprint density at radius 3 is 2.48 bits per heavy atom. The van der Waals surface area contributed by atoms with E-state index in [4.69, 9.17) is 10.7 Å². The second-order valence-corrected chi connectivity index (χ2v) is 10.8. The van der Waals surface area contributed by atoms with Gasteiger partial charge in [-0.25, -0.2) is 4.98 Å². The van der Waals surface area contributed by atoms with Crippen molar-refractivity contribution in [1.29, 1.82) is 0 Å². The fourth-order valence-electron chi connectivity index (χ4n) is 4.89. The van der Waals surface area contributed by atoms with Crippen molar-refractivity contribution in [2.75, 3.05) is 5.73 Å². The maximum atomic E-state index is 13.3. The minimum absolute atomic E-state index is 0.0296. The Balaban J connectivity index is 1.46. The molecule has 33 heavy (non-hydrogen) atoms. The second kappa shape index (κ2) is 8.42. The molecule has 2 aromatic carbocycles. The number of nitrogens with two attached hydrogens (primary N) is 1. The summed E-state index contributed by atoms with van der Waals surface area (Å²) in [6, 6.07) is 20.2. The third-order valence-electron chi connectivity index (χ3n) is 7.56. The van der Waals surface area contributed by atoms with Gasteiger partial charge < -0.3 is 5.73 Å². The molecule has 1 aliphatic carbocycles. The van der Waals surface area contributed by atoms with Crippen LogP contribution in [0.4, 0.5) is 5.69 Å². The number of aromatic nitrogens is 1. The number of pyridine rings is 1. The van der Waals surface area contributed by atoms with Gasteiger partial charge in [-0.3, -0.25) is 4.79 Å². The van der Waals surface area contributed by atoms with Crippen LogP contribution in [0.3, 0.4) is 0 Å². The number of nitrogens with zero attached hydrogens (tertiary/aromatic N) is 1. The zero-order valence-corrected chi connectivity index (χ0v) is 20.3. The molecule has 1 atom stereocenters. The largest absolute Gasteiger partial charge is 0.397 e. The molecule has 0 fully saturated rings. The van der Waals surface area contributed by atoms with Gasteiger partial charge in [0.2, 0.25) is 5.78 Å². The summed E-state index contributed by atoms with van der Waals surface area (Å²) in [5.74, 6) is 0.622. The number of carbonyl (C=O) groups excluding carboxylic acids is 1. The number of benzene rings is 2. The van der Waals surface area contributed by atoms with Crippen LogP contribution in [0, 0.1) is 11.3 Å². The molecule has 0 aliphatic heterocycles. The van der Waals surface area contributed by atoms with Crippen molar-refractivity contribution in [2.24, 2.45) is 11.3 Å². The van der Waals surface area contributed by atoms with Gasteiger partial charge in [0, 0.05) is 16.6 Å². The van der Waals surface area contributed by atoms with Gasteiger partial charge in [-0.05, 0) is 53.4 Å². The molecule has 168 valence electrons. The molecule has 0 bridgehead atoms. The third-order valence-corrected chi connectivity index (χ3v) is 8.68. The van der Waals surface area contributed by atoms with E-state index in [1.807, 2.05) is 42.5 Å². The Hall–Kier alpha value is -2.98. The Morgan fingerprint density at radius 1 is 1.09 bits per heavy atom. The van der Waals surface area contributed by atoms with Crippen LogP contribution in [0.25, 0.3) is 21.3 Å². The van der Waals surface area contributed by atoms with E-state index in [1.54, 1.807) is 0 Å². The van der Waals surface area contributed by atoms with Crippen molar-refractivity contribution >= 4 is 33.0 Å². The Labute approximate surface area is 199 Å². The quantitative estimate of drug-likeness (QED) is 0.321. The van der Waals surface area contributed by atoms with Gasteiger partial charge >= 0.3 is 0 Å². The molecule has 1 unspecified atom stereocenters. The van der Waals surface area contributed by atoms with Gasteiger partial charge in [0.1, 0.15) is 9.71 Å². The summed E-state index contributed by atoms with van der Waals surface area (Å²) >= 11 is 1.43. The first-order valence-corrected chi connectivity index (χ1v) is 12.6. The van der Waals surface area contributed by atoms with Crippen LogP contribution in [0.15, 0.2) is 60.7 Å². The van der Waals surface area contributed by atoms with Crippen molar-refractivity contribution in [3.63, 3.8) is 0 Å². The first-order chi connectivity index (χ1) is 15.9. The van der Waals surface area contributed by atoms with E-state index in [0.29, 0.717) is 27.5 Å². The third kappa shape index (κ3) is 3.97. The van der Waals surface area contributed by atoms with Crippen LogP contribution in [0.5, 0.6) is 0 Å². The zero-order chi connectivity index (χ0) is 23.2. The van der Waals surface area contributed by atoms with Crippen LogP contribution < -0.4 is 5.73 Å². The van der Waals surface area contributed by atoms with Gasteiger partial charge in [0.15, 0.2) is 0 Å². The lowest BCUT2D eigenvalue weighted by Gasteiger charge is -2.36. The van der Waals surface area contributed by atoms with Gasteiger partial charge in [-0.2, -0.15) is 0 Å². The predicted octanol–water partition coefficient (Wildman–Crippen LogP) is 7.32. The zero-order valence-electron chi connectivity index (χ0n) is 19.5. The maximum absolute atomic E-state index is 13.3. The van der Waals surface area contributed by atoms with E-state index < -0.39 is 0 Å². The summed E-state index contributed by atoms with van der Waals surface area (Å²) in [5.41, 5.74) is 12.8. The summed E-state index contributed by atoms with van der Waals surface area (Å²) in [7, 11) is 0. The fourth-order valence-corrected chi connectivity index (χ4v) is 5.95. The molecule has 0 radical (unpaired) electrons. The molecule has 0 saturated heterocycles. The number of hydrogen-bond acceptors (Lipinski definition) is 4. The first kappa shape index (κ1) is 21.8. The number of ketones is 1. The van der Waals surface area contributed by atoms with Crippen molar-refractivity contribution in [2.45, 2.75) is 46.5 Å². The van der Waals surface area contributed by atoms with Crippen LogP contribution >= 0.6 is 11.3 Å². The van der Waals surface area contributed by atoms with Crippen LogP contribution in [-0.4, -0.2) is 10.8 Å². The van der Waals surface area contributed by atoms with E-state index in [2.05, 4.69) is 39.0 Å². The van der Waals surface area contributed by atoms with Gasteiger partial charge in [0.25, 0.3) is 0 Å². The highest BCUT2D eigenvalue weighted by Gasteiger charge is 2.32. The molecule has 3 nitrogen and oxygen atoms in total. The number of aryl methyl sites for hydroxylation is 1. The van der Waals surface area contributed by atoms with Crippen LogP contribution in [-0.2, 0) is 12.8 Å². The van der Waals surface area contributed by atoms with E-state index in [0.717, 1.165) is 34.2 Å². The smallest absolute Gasteiger partial charge is 0.205 e. The lowest BCUT2D eigenvalue weighted by Crippen LogP contribution is -2.29. The SMILES string of the molecule is CCC(C)(C)C1CCc2nc3sc(C(=O)c4ccc(-c5ccccc5)cc4)c(N)c3cc2C1. The molecule has 2 aromatic heterocycles. The lowest BCUT2D eigenvalue weighted by atomic mass is 9.69. The number of thiophene rings is 1. The Kier molecular flexibility index (Phi) is 5.57.